The zero-order valence-electron chi connectivity index (χ0n) is 14.5. The molecule has 0 saturated heterocycles. The van der Waals surface area contributed by atoms with E-state index >= 15 is 0 Å². The van der Waals surface area contributed by atoms with Crippen molar-refractivity contribution in [3.8, 4) is 11.5 Å². The van der Waals surface area contributed by atoms with E-state index in [0.29, 0.717) is 16.2 Å². The van der Waals surface area contributed by atoms with Crippen molar-refractivity contribution in [2.45, 2.75) is 13.2 Å². The predicted octanol–water partition coefficient (Wildman–Crippen LogP) is 3.12. The number of benzene rings is 1. The normalized spacial score (nSPS) is 11.3. The Morgan fingerprint density at radius 1 is 1.32 bits per heavy atom. The van der Waals surface area contributed by atoms with E-state index in [0.717, 1.165) is 0 Å². The molecule has 2 heterocycles. The lowest BCUT2D eigenvalue weighted by Gasteiger charge is -2.10. The second-order valence-electron chi connectivity index (χ2n) is 5.37. The molecule has 0 fully saturated rings. The number of carbonyl (C=O) groups is 1. The lowest BCUT2D eigenvalue weighted by Crippen LogP contribution is -2.14. The molecule has 0 spiro atoms. The maximum atomic E-state index is 12.3. The Morgan fingerprint density at radius 2 is 2.14 bits per heavy atom. The fourth-order valence-electron chi connectivity index (χ4n) is 2.30. The van der Waals surface area contributed by atoms with Crippen molar-refractivity contribution in [3.63, 3.8) is 0 Å². The van der Waals surface area contributed by atoms with Gasteiger partial charge >= 0.3 is 12.6 Å². The van der Waals surface area contributed by atoms with Crippen LogP contribution in [0, 0.1) is 0 Å². The Bertz CT molecular complexity index is 1080. The summed E-state index contributed by atoms with van der Waals surface area (Å²) >= 11 is 1.29. The first kappa shape index (κ1) is 19.5. The average molecular weight is 408 g/mol. The Hall–Kier alpha value is -3.27. The molecule has 1 aromatic carbocycles. The molecule has 0 atom stereocenters. The molecule has 3 aromatic rings. The van der Waals surface area contributed by atoms with Crippen LogP contribution >= 0.6 is 11.3 Å². The number of aromatic nitrogens is 2. The summed E-state index contributed by atoms with van der Waals surface area (Å²) in [6.07, 6.45) is 4.21. The van der Waals surface area contributed by atoms with Crippen LogP contribution in [0.3, 0.4) is 0 Å². The summed E-state index contributed by atoms with van der Waals surface area (Å²) in [5.74, 6) is -0.664. The summed E-state index contributed by atoms with van der Waals surface area (Å²) < 4.78 is 40.5. The molecule has 0 radical (unpaired) electrons. The fraction of sp³-hybridized carbons (Fsp3) is 0.167. The summed E-state index contributed by atoms with van der Waals surface area (Å²) in [5.41, 5.74) is 0.599. The summed E-state index contributed by atoms with van der Waals surface area (Å²) in [5, 5.41) is 1.73. The van der Waals surface area contributed by atoms with Gasteiger partial charge in [0.25, 0.3) is 5.56 Å². The van der Waals surface area contributed by atoms with E-state index in [2.05, 4.69) is 9.72 Å². The molecule has 2 aromatic heterocycles. The molecule has 0 amide bonds. The summed E-state index contributed by atoms with van der Waals surface area (Å²) in [4.78, 5) is 28.5. The number of hydrogen-bond acceptors (Lipinski definition) is 7. The number of alkyl halides is 2. The number of thiazole rings is 1. The Labute approximate surface area is 161 Å². The highest BCUT2D eigenvalue weighted by Gasteiger charge is 2.11. The fourth-order valence-corrected chi connectivity index (χ4v) is 3.04. The molecule has 146 valence electrons. The van der Waals surface area contributed by atoms with E-state index in [1.165, 1.54) is 59.3 Å². The molecule has 28 heavy (non-hydrogen) atoms. The molecular weight excluding hydrogens is 394 g/mol. The van der Waals surface area contributed by atoms with Gasteiger partial charge in [0.2, 0.25) is 0 Å². The highest BCUT2D eigenvalue weighted by Crippen LogP contribution is 2.29. The number of nitrogens with zero attached hydrogens (tertiary/aromatic N) is 2. The van der Waals surface area contributed by atoms with Crippen molar-refractivity contribution >= 4 is 28.3 Å². The Balaban J connectivity index is 1.63. The zero-order chi connectivity index (χ0) is 20.1. The minimum Gasteiger partial charge on any atom is -0.493 e. The van der Waals surface area contributed by atoms with Crippen LogP contribution in [-0.2, 0) is 16.1 Å². The summed E-state index contributed by atoms with van der Waals surface area (Å²) in [6, 6.07) is 5.53. The maximum absolute atomic E-state index is 12.3. The van der Waals surface area contributed by atoms with Crippen LogP contribution in [0.4, 0.5) is 8.78 Å². The number of hydrogen-bond donors (Lipinski definition) is 0. The van der Waals surface area contributed by atoms with Gasteiger partial charge in [-0.05, 0) is 23.8 Å². The second-order valence-corrected chi connectivity index (χ2v) is 6.24. The number of halogens is 2. The van der Waals surface area contributed by atoms with Crippen molar-refractivity contribution in [1.82, 2.24) is 9.38 Å². The molecule has 0 saturated carbocycles. The molecule has 0 aliphatic heterocycles. The molecule has 0 aliphatic rings. The Morgan fingerprint density at radius 3 is 2.89 bits per heavy atom. The molecule has 3 rings (SSSR count). The number of carbonyl (C=O) groups excluding carboxylic acids is 1. The van der Waals surface area contributed by atoms with Crippen LogP contribution in [-0.4, -0.2) is 29.1 Å². The molecular formula is C18H14F2N2O5S. The van der Waals surface area contributed by atoms with Crippen molar-refractivity contribution in [2.75, 3.05) is 7.11 Å². The average Bonchev–Trinajstić information content (AvgIpc) is 3.14. The first-order chi connectivity index (χ1) is 13.5. The van der Waals surface area contributed by atoms with Gasteiger partial charge in [-0.1, -0.05) is 6.07 Å². The third kappa shape index (κ3) is 4.71. The van der Waals surface area contributed by atoms with Crippen LogP contribution in [0.5, 0.6) is 11.5 Å². The van der Waals surface area contributed by atoms with Gasteiger partial charge in [-0.3, -0.25) is 9.20 Å². The van der Waals surface area contributed by atoms with E-state index in [9.17, 15) is 18.4 Å². The van der Waals surface area contributed by atoms with Crippen molar-refractivity contribution in [3.05, 3.63) is 63.5 Å². The molecule has 10 heteroatoms. The van der Waals surface area contributed by atoms with Crippen molar-refractivity contribution in [2.24, 2.45) is 0 Å². The van der Waals surface area contributed by atoms with Crippen LogP contribution in [0.2, 0.25) is 0 Å². The lowest BCUT2D eigenvalue weighted by atomic mass is 10.2. The summed E-state index contributed by atoms with van der Waals surface area (Å²) in [7, 11) is 1.31. The van der Waals surface area contributed by atoms with Crippen molar-refractivity contribution in [1.29, 1.82) is 0 Å². The van der Waals surface area contributed by atoms with Gasteiger partial charge in [0.05, 0.1) is 12.8 Å². The van der Waals surface area contributed by atoms with Crippen molar-refractivity contribution < 1.29 is 27.8 Å². The first-order valence-corrected chi connectivity index (χ1v) is 8.77. The quantitative estimate of drug-likeness (QED) is 0.442. The number of rotatable bonds is 7. The molecule has 0 bridgehead atoms. The smallest absolute Gasteiger partial charge is 0.387 e. The Kier molecular flexibility index (Phi) is 5.99. The monoisotopic (exact) mass is 408 g/mol. The van der Waals surface area contributed by atoms with Gasteiger partial charge < -0.3 is 14.2 Å². The highest BCUT2D eigenvalue weighted by atomic mass is 32.1. The van der Waals surface area contributed by atoms with Gasteiger partial charge in [0, 0.05) is 23.7 Å². The van der Waals surface area contributed by atoms with Gasteiger partial charge in [0.1, 0.15) is 6.61 Å². The highest BCUT2D eigenvalue weighted by molar-refractivity contribution is 7.15. The van der Waals surface area contributed by atoms with E-state index in [4.69, 9.17) is 9.47 Å². The minimum atomic E-state index is -2.97. The molecule has 0 aliphatic carbocycles. The van der Waals surface area contributed by atoms with E-state index in [1.54, 1.807) is 11.6 Å². The summed E-state index contributed by atoms with van der Waals surface area (Å²) in [6.45, 7) is -3.13. The first-order valence-electron chi connectivity index (χ1n) is 7.90. The molecule has 0 N–H and O–H groups in total. The predicted molar refractivity (Wildman–Crippen MR) is 97.8 cm³/mol. The van der Waals surface area contributed by atoms with E-state index in [-0.39, 0.29) is 23.7 Å². The van der Waals surface area contributed by atoms with Crippen LogP contribution in [0.25, 0.3) is 11.0 Å². The lowest BCUT2D eigenvalue weighted by molar-refractivity contribution is -0.139. The molecule has 0 unspecified atom stereocenters. The maximum Gasteiger partial charge on any atom is 0.387 e. The van der Waals surface area contributed by atoms with E-state index < -0.39 is 12.6 Å². The number of fused-ring (bicyclic) bond motifs is 1. The second kappa shape index (κ2) is 8.61. The van der Waals surface area contributed by atoms with Crippen LogP contribution in [0.15, 0.2) is 46.7 Å². The van der Waals surface area contributed by atoms with Gasteiger partial charge in [-0.25, -0.2) is 9.78 Å². The minimum absolute atomic E-state index is 0.102. The largest absolute Gasteiger partial charge is 0.493 e. The third-order valence-electron chi connectivity index (χ3n) is 3.53. The van der Waals surface area contributed by atoms with E-state index in [1.807, 2.05) is 0 Å². The number of esters is 1. The third-order valence-corrected chi connectivity index (χ3v) is 4.29. The standard InChI is InChI=1S/C18H14F2N2O5S/c1-25-14-8-11(2-4-13(14)27-17(19)20)3-5-16(24)26-10-12-9-15(23)22-6-7-28-18(22)21-12/h2-9,17H,10H2,1H3/b5-3+. The number of ether oxygens (including phenoxy) is 3. The number of methoxy groups -OCH3 is 1. The van der Waals surface area contributed by atoms with Crippen LogP contribution < -0.4 is 15.0 Å². The zero-order valence-corrected chi connectivity index (χ0v) is 15.3. The molecule has 7 nitrogen and oxygen atoms in total. The van der Waals surface area contributed by atoms with Gasteiger partial charge in [-0.15, -0.1) is 11.3 Å². The van der Waals surface area contributed by atoms with Gasteiger partial charge in [0.15, 0.2) is 16.5 Å². The SMILES string of the molecule is COc1cc(/C=C/C(=O)OCc2cc(=O)n3ccsc3n2)ccc1OC(F)F. The topological polar surface area (TPSA) is 79.1 Å². The van der Waals surface area contributed by atoms with Crippen LogP contribution in [0.1, 0.15) is 11.3 Å². The van der Waals surface area contributed by atoms with Gasteiger partial charge in [-0.2, -0.15) is 8.78 Å².